The summed E-state index contributed by atoms with van der Waals surface area (Å²) < 4.78 is 22.8. The summed E-state index contributed by atoms with van der Waals surface area (Å²) in [6.07, 6.45) is -0.860. The molecule has 1 heterocycles. The number of hydrogen-bond acceptors (Lipinski definition) is 9. The van der Waals surface area contributed by atoms with Gasteiger partial charge >= 0.3 is 0 Å². The van der Waals surface area contributed by atoms with E-state index in [2.05, 4.69) is 26.6 Å². The molecule has 11 heteroatoms. The van der Waals surface area contributed by atoms with Crippen LogP contribution >= 0.6 is 15.9 Å². The zero-order chi connectivity index (χ0) is 25.5. The van der Waals surface area contributed by atoms with Crippen molar-refractivity contribution < 1.29 is 29.0 Å². The second-order valence-corrected chi connectivity index (χ2v) is 8.81. The minimum atomic E-state index is -0.860. The Morgan fingerprint density at radius 1 is 1.11 bits per heavy atom. The maximum absolute atomic E-state index is 10.7. The summed E-state index contributed by atoms with van der Waals surface area (Å²) in [6.45, 7) is 2.12. The Kier molecular flexibility index (Phi) is 8.47. The minimum Gasteiger partial charge on any atom is -0.493 e. The van der Waals surface area contributed by atoms with Gasteiger partial charge in [-0.2, -0.15) is 0 Å². The molecule has 0 bridgehead atoms. The highest BCUT2D eigenvalue weighted by molar-refractivity contribution is 9.10. The van der Waals surface area contributed by atoms with Gasteiger partial charge in [-0.05, 0) is 63.5 Å². The molecule has 0 radical (unpaired) electrons. The first kappa shape index (κ1) is 25.5. The van der Waals surface area contributed by atoms with E-state index in [4.69, 9.17) is 18.9 Å². The van der Waals surface area contributed by atoms with Gasteiger partial charge in [-0.15, -0.1) is 0 Å². The van der Waals surface area contributed by atoms with Gasteiger partial charge in [0.05, 0.1) is 16.5 Å². The third kappa shape index (κ3) is 6.36. The van der Waals surface area contributed by atoms with E-state index in [0.29, 0.717) is 52.7 Å². The maximum Gasteiger partial charge on any atom is 0.269 e. The lowest BCUT2D eigenvalue weighted by molar-refractivity contribution is -0.384. The molecule has 0 aliphatic carbocycles. The highest BCUT2D eigenvalue weighted by atomic mass is 79.9. The molecule has 0 spiro atoms. The van der Waals surface area contributed by atoms with Crippen LogP contribution in [-0.2, 0) is 6.54 Å². The molecule has 4 rings (SSSR count). The maximum atomic E-state index is 10.7. The number of methoxy groups -OCH3 is 1. The van der Waals surface area contributed by atoms with Crippen LogP contribution in [0.25, 0.3) is 0 Å². The van der Waals surface area contributed by atoms with Gasteiger partial charge in [-0.25, -0.2) is 0 Å². The summed E-state index contributed by atoms with van der Waals surface area (Å²) in [5.74, 6) is 2.30. The monoisotopic (exact) mass is 559 g/mol. The van der Waals surface area contributed by atoms with E-state index in [1.165, 1.54) is 12.1 Å². The molecule has 0 amide bonds. The number of nitrogens with one attached hydrogen (secondary N) is 2. The van der Waals surface area contributed by atoms with Gasteiger partial charge in [0, 0.05) is 37.5 Å². The molecule has 0 saturated heterocycles. The molecule has 0 saturated carbocycles. The second-order valence-electron chi connectivity index (χ2n) is 7.96. The van der Waals surface area contributed by atoms with Gasteiger partial charge in [0.2, 0.25) is 6.79 Å². The Morgan fingerprint density at radius 3 is 2.64 bits per heavy atom. The lowest BCUT2D eigenvalue weighted by Gasteiger charge is -2.17. The van der Waals surface area contributed by atoms with Crippen LogP contribution in [0.5, 0.6) is 23.0 Å². The van der Waals surface area contributed by atoms with Crippen LogP contribution in [0.15, 0.2) is 59.1 Å². The number of ether oxygens (including phenoxy) is 4. The average molecular weight is 560 g/mol. The van der Waals surface area contributed by atoms with E-state index in [1.807, 2.05) is 12.1 Å². The number of nitro benzene ring substituents is 1. The first-order valence-corrected chi connectivity index (χ1v) is 12.0. The molecule has 1 atom stereocenters. The molecule has 1 aliphatic rings. The van der Waals surface area contributed by atoms with Crippen LogP contribution in [0.2, 0.25) is 0 Å². The zero-order valence-corrected chi connectivity index (χ0v) is 21.1. The SMILES string of the molecule is COc1cc(CNCCNc2ccc([N+](=O)[O-])cc2)cc(Br)c1OCC(O)c1ccc2c(c1)OCO2. The summed E-state index contributed by atoms with van der Waals surface area (Å²) in [5, 5.41) is 27.9. The van der Waals surface area contributed by atoms with Gasteiger partial charge in [0.25, 0.3) is 5.69 Å². The quantitative estimate of drug-likeness (QED) is 0.168. The Hall–Kier alpha value is -3.54. The highest BCUT2D eigenvalue weighted by Crippen LogP contribution is 2.38. The number of halogens is 1. The molecule has 0 aromatic heterocycles. The molecule has 1 unspecified atom stereocenters. The van der Waals surface area contributed by atoms with Crippen LogP contribution < -0.4 is 29.6 Å². The van der Waals surface area contributed by atoms with E-state index in [1.54, 1.807) is 37.4 Å². The van der Waals surface area contributed by atoms with Crippen molar-refractivity contribution in [3.8, 4) is 23.0 Å². The van der Waals surface area contributed by atoms with Crippen molar-refractivity contribution in [1.29, 1.82) is 0 Å². The summed E-state index contributed by atoms with van der Waals surface area (Å²) in [7, 11) is 1.56. The Balaban J connectivity index is 1.27. The van der Waals surface area contributed by atoms with Crippen LogP contribution in [0.4, 0.5) is 11.4 Å². The number of rotatable bonds is 12. The smallest absolute Gasteiger partial charge is 0.269 e. The number of hydrogen-bond donors (Lipinski definition) is 3. The Bertz CT molecular complexity index is 1210. The van der Waals surface area contributed by atoms with Crippen LogP contribution in [-0.4, -0.2) is 43.6 Å². The molecule has 10 nitrogen and oxygen atoms in total. The summed E-state index contributed by atoms with van der Waals surface area (Å²) in [6, 6.07) is 15.4. The summed E-state index contributed by atoms with van der Waals surface area (Å²) >= 11 is 3.54. The van der Waals surface area contributed by atoms with Crippen molar-refractivity contribution in [3.63, 3.8) is 0 Å². The summed E-state index contributed by atoms with van der Waals surface area (Å²) in [4.78, 5) is 10.3. The number of aliphatic hydroxyl groups is 1. The first-order chi connectivity index (χ1) is 17.4. The highest BCUT2D eigenvalue weighted by Gasteiger charge is 2.19. The predicted octanol–water partition coefficient (Wildman–Crippen LogP) is 4.41. The van der Waals surface area contributed by atoms with Crippen molar-refractivity contribution >= 4 is 27.3 Å². The van der Waals surface area contributed by atoms with Crippen molar-refractivity contribution in [2.75, 3.05) is 38.9 Å². The van der Waals surface area contributed by atoms with Crippen molar-refractivity contribution in [3.05, 3.63) is 80.3 Å². The number of fused-ring (bicyclic) bond motifs is 1. The molecule has 190 valence electrons. The number of anilines is 1. The van der Waals surface area contributed by atoms with Crippen molar-refractivity contribution in [2.45, 2.75) is 12.6 Å². The largest absolute Gasteiger partial charge is 0.493 e. The number of nitrogens with zero attached hydrogens (tertiary/aromatic N) is 1. The first-order valence-electron chi connectivity index (χ1n) is 11.2. The lowest BCUT2D eigenvalue weighted by Crippen LogP contribution is -2.21. The standard InChI is InChI=1S/C25H26BrN3O7/c1-33-24-11-16(13-27-8-9-28-18-3-5-19(6-4-18)29(31)32)10-20(26)25(24)34-14-21(30)17-2-7-22-23(12-17)36-15-35-22/h2-7,10-12,21,27-28,30H,8-9,13-15H2,1H3. The fourth-order valence-electron chi connectivity index (χ4n) is 3.62. The number of aliphatic hydroxyl groups excluding tert-OH is 1. The molecule has 36 heavy (non-hydrogen) atoms. The molecule has 3 N–H and O–H groups in total. The number of non-ortho nitro benzene ring substituents is 1. The van der Waals surface area contributed by atoms with E-state index in [0.717, 1.165) is 11.3 Å². The zero-order valence-electron chi connectivity index (χ0n) is 19.5. The van der Waals surface area contributed by atoms with Gasteiger partial charge in [0.1, 0.15) is 12.7 Å². The predicted molar refractivity (Wildman–Crippen MR) is 137 cm³/mol. The molecule has 0 fully saturated rings. The molecular weight excluding hydrogens is 534 g/mol. The van der Waals surface area contributed by atoms with Gasteiger partial charge in [-0.3, -0.25) is 10.1 Å². The van der Waals surface area contributed by atoms with Crippen molar-refractivity contribution in [1.82, 2.24) is 5.32 Å². The third-order valence-corrected chi connectivity index (χ3v) is 6.08. The Morgan fingerprint density at radius 2 is 1.89 bits per heavy atom. The second kappa shape index (κ2) is 11.9. The fraction of sp³-hybridized carbons (Fsp3) is 0.280. The summed E-state index contributed by atoms with van der Waals surface area (Å²) in [5.41, 5.74) is 2.53. The third-order valence-electron chi connectivity index (χ3n) is 5.49. The minimum absolute atomic E-state index is 0.0283. The van der Waals surface area contributed by atoms with Gasteiger partial charge < -0.3 is 34.7 Å². The topological polar surface area (TPSA) is 124 Å². The van der Waals surface area contributed by atoms with Crippen molar-refractivity contribution in [2.24, 2.45) is 0 Å². The van der Waals surface area contributed by atoms with E-state index < -0.39 is 11.0 Å². The fourth-order valence-corrected chi connectivity index (χ4v) is 4.23. The van der Waals surface area contributed by atoms with Crippen LogP contribution in [0.1, 0.15) is 17.2 Å². The van der Waals surface area contributed by atoms with Crippen LogP contribution in [0, 0.1) is 10.1 Å². The van der Waals surface area contributed by atoms with E-state index in [-0.39, 0.29) is 19.1 Å². The van der Waals surface area contributed by atoms with E-state index >= 15 is 0 Å². The molecule has 3 aromatic rings. The van der Waals surface area contributed by atoms with Gasteiger partial charge in [0.15, 0.2) is 23.0 Å². The van der Waals surface area contributed by atoms with Gasteiger partial charge in [-0.1, -0.05) is 6.07 Å². The number of nitro groups is 1. The Labute approximate surface area is 216 Å². The lowest BCUT2D eigenvalue weighted by atomic mass is 10.1. The molecular formula is C25H26BrN3O7. The number of benzene rings is 3. The average Bonchev–Trinajstić information content (AvgIpc) is 3.35. The molecule has 1 aliphatic heterocycles. The van der Waals surface area contributed by atoms with E-state index in [9.17, 15) is 15.2 Å². The van der Waals surface area contributed by atoms with Crippen LogP contribution in [0.3, 0.4) is 0 Å². The normalized spacial score (nSPS) is 12.8. The molecule has 3 aromatic carbocycles.